The van der Waals surface area contributed by atoms with Crippen molar-refractivity contribution in [2.45, 2.75) is 37.6 Å². The molecule has 2 amide bonds. The number of aromatic carboxylic acids is 2. The molecule has 0 bridgehead atoms. The number of hydrogen-bond acceptors (Lipinski definition) is 14. The highest BCUT2D eigenvalue weighted by molar-refractivity contribution is 5.96. The van der Waals surface area contributed by atoms with Crippen LogP contribution in [0, 0.1) is 0 Å². The van der Waals surface area contributed by atoms with Gasteiger partial charge < -0.3 is 50.8 Å². The van der Waals surface area contributed by atoms with E-state index in [0.717, 1.165) is 22.3 Å². The van der Waals surface area contributed by atoms with E-state index in [2.05, 4.69) is 25.1 Å². The number of nitrogens with two attached hydrogens (primary N) is 2. The normalized spacial score (nSPS) is 18.8. The third-order valence-electron chi connectivity index (χ3n) is 12.1. The second-order valence-corrected chi connectivity index (χ2v) is 16.7. The van der Waals surface area contributed by atoms with Gasteiger partial charge in [-0.2, -0.15) is 0 Å². The highest BCUT2D eigenvalue weighted by Crippen LogP contribution is 2.37. The molecular weight excluding hydrogens is 885 g/mol. The summed E-state index contributed by atoms with van der Waals surface area (Å²) < 4.78 is 23.9. The lowest BCUT2D eigenvalue weighted by molar-refractivity contribution is -0.118. The fraction of sp³-hybridized carbons (Fsp3) is 0.373. The van der Waals surface area contributed by atoms with E-state index >= 15 is 0 Å². The fourth-order valence-electron chi connectivity index (χ4n) is 8.46. The van der Waals surface area contributed by atoms with E-state index in [-0.39, 0.29) is 36.2 Å². The molecule has 3 atom stereocenters. The molecule has 3 unspecified atom stereocenters. The average molecular weight is 945 g/mol. The third-order valence-corrected chi connectivity index (χ3v) is 12.1. The van der Waals surface area contributed by atoms with Crippen molar-refractivity contribution in [2.75, 3.05) is 90.5 Å². The van der Waals surface area contributed by atoms with Gasteiger partial charge in [0.05, 0.1) is 82.9 Å². The quantitative estimate of drug-likeness (QED) is 0.125. The number of carbonyl (C=O) groups excluding carboxylic acids is 2. The summed E-state index contributed by atoms with van der Waals surface area (Å²) in [6.07, 6.45) is 0.0378. The van der Waals surface area contributed by atoms with E-state index in [9.17, 15) is 29.4 Å². The zero-order valence-electron chi connectivity index (χ0n) is 38.5. The number of carboxylic acids is 2. The Hall–Kier alpha value is -6.48. The van der Waals surface area contributed by atoms with Crippen LogP contribution in [-0.4, -0.2) is 139 Å². The summed E-state index contributed by atoms with van der Waals surface area (Å²) >= 11 is 0. The van der Waals surface area contributed by atoms with E-state index in [1.807, 2.05) is 60.7 Å². The number of rotatable bonds is 11. The van der Waals surface area contributed by atoms with E-state index in [1.165, 1.54) is 12.1 Å². The molecule has 18 heteroatoms. The number of carboxylic acid groups (broad SMARTS) is 2. The molecule has 7 N–H and O–H groups in total. The summed E-state index contributed by atoms with van der Waals surface area (Å²) in [4.78, 5) is 65.7. The molecule has 4 heterocycles. The van der Waals surface area contributed by atoms with Crippen molar-refractivity contribution in [2.24, 2.45) is 11.5 Å². The first-order valence-corrected chi connectivity index (χ1v) is 23.1. The number of nitrogens with zero attached hydrogens (tertiary/aromatic N) is 5. The summed E-state index contributed by atoms with van der Waals surface area (Å²) in [5, 5.41) is 22.2. The number of anilines is 1. The summed E-state index contributed by atoms with van der Waals surface area (Å²) in [7, 11) is 0. The zero-order chi connectivity index (χ0) is 48.5. The second-order valence-electron chi connectivity index (χ2n) is 16.7. The lowest BCUT2D eigenvalue weighted by Crippen LogP contribution is -2.38. The number of fused-ring (bicyclic) bond motifs is 2. The number of aromatic nitrogens is 2. The molecular formula is C51H60N8O10. The number of carbonyl (C=O) groups is 4. The van der Waals surface area contributed by atoms with Gasteiger partial charge in [-0.05, 0) is 64.7 Å². The van der Waals surface area contributed by atoms with Crippen molar-refractivity contribution < 1.29 is 48.3 Å². The molecule has 1 fully saturated rings. The number of amides is 2. The van der Waals surface area contributed by atoms with E-state index in [0.29, 0.717) is 115 Å². The first-order valence-electron chi connectivity index (χ1n) is 23.1. The molecule has 2 aliphatic heterocycles. The maximum atomic E-state index is 13.9. The molecule has 364 valence electrons. The van der Waals surface area contributed by atoms with Crippen LogP contribution in [0.2, 0.25) is 0 Å². The topological polar surface area (TPSA) is 245 Å². The van der Waals surface area contributed by atoms with Gasteiger partial charge in [-0.25, -0.2) is 19.6 Å². The average Bonchev–Trinajstić information content (AvgIpc) is 3.36. The molecule has 0 saturated carbocycles. The molecule has 69 heavy (non-hydrogen) atoms. The molecule has 0 aliphatic carbocycles. The summed E-state index contributed by atoms with van der Waals surface area (Å²) in [6, 6.07) is 30.5. The standard InChI is InChI=1S/C51H60N8O10/c52-46-39-9-2-1-7-37(39)33-59(44-14-4-3-10-40(44)47(46)53)45(60)19-20-54-49(61)36-17-15-35(16-18-36)48(41-11-6-13-43(56-41)51(64)65)58-23-27-68-31-29-66-25-21-57(22-26-67-30-32-69-28-24-58)34-38-8-5-12-42(55-38)50(62)63/h1-18,46-48H,19-34,52-53H2,(H,54,61)(H,62,63)(H,64,65). The first kappa shape index (κ1) is 50.4. The van der Waals surface area contributed by atoms with Crippen molar-refractivity contribution in [3.8, 4) is 0 Å². The maximum absolute atomic E-state index is 13.9. The molecule has 0 radical (unpaired) electrons. The molecule has 2 aliphatic rings. The number of pyridine rings is 2. The van der Waals surface area contributed by atoms with Gasteiger partial charge >= 0.3 is 11.9 Å². The number of ether oxygens (including phenoxy) is 4. The monoisotopic (exact) mass is 944 g/mol. The van der Waals surface area contributed by atoms with Crippen LogP contribution < -0.4 is 21.7 Å². The molecule has 18 nitrogen and oxygen atoms in total. The first-order chi connectivity index (χ1) is 33.6. The number of para-hydroxylation sites is 1. The number of nitrogens with one attached hydrogen (secondary N) is 1. The molecule has 7 rings (SSSR count). The van der Waals surface area contributed by atoms with Crippen molar-refractivity contribution in [3.63, 3.8) is 0 Å². The Bertz CT molecular complexity index is 2490. The van der Waals surface area contributed by atoms with Crippen molar-refractivity contribution in [1.82, 2.24) is 25.1 Å². The van der Waals surface area contributed by atoms with Crippen LogP contribution in [0.1, 0.15) is 89.5 Å². The van der Waals surface area contributed by atoms with Crippen LogP contribution >= 0.6 is 0 Å². The number of benzene rings is 3. The lowest BCUT2D eigenvalue weighted by atomic mass is 9.88. The summed E-state index contributed by atoms with van der Waals surface area (Å²) in [5.41, 5.74) is 18.7. The van der Waals surface area contributed by atoms with Gasteiger partial charge in [-0.1, -0.05) is 66.7 Å². The van der Waals surface area contributed by atoms with Crippen LogP contribution in [0.4, 0.5) is 5.69 Å². The van der Waals surface area contributed by atoms with E-state index in [1.54, 1.807) is 41.3 Å². The van der Waals surface area contributed by atoms with Crippen LogP contribution in [0.3, 0.4) is 0 Å². The Kier molecular flexibility index (Phi) is 18.4. The zero-order valence-corrected chi connectivity index (χ0v) is 38.5. The van der Waals surface area contributed by atoms with Crippen molar-refractivity contribution in [1.29, 1.82) is 0 Å². The predicted molar refractivity (Wildman–Crippen MR) is 256 cm³/mol. The maximum Gasteiger partial charge on any atom is 0.354 e. The minimum absolute atomic E-state index is 0.0111. The van der Waals surface area contributed by atoms with Gasteiger partial charge in [0.1, 0.15) is 11.4 Å². The molecule has 2 aromatic heterocycles. The van der Waals surface area contributed by atoms with Gasteiger partial charge in [-0.15, -0.1) is 0 Å². The minimum atomic E-state index is -1.16. The Balaban J connectivity index is 0.995. The summed E-state index contributed by atoms with van der Waals surface area (Å²) in [6.45, 7) is 5.56. The van der Waals surface area contributed by atoms with Crippen LogP contribution in [0.5, 0.6) is 0 Å². The molecule has 0 spiro atoms. The van der Waals surface area contributed by atoms with Crippen LogP contribution in [0.25, 0.3) is 0 Å². The smallest absolute Gasteiger partial charge is 0.354 e. The largest absolute Gasteiger partial charge is 0.477 e. The van der Waals surface area contributed by atoms with Crippen molar-refractivity contribution in [3.05, 3.63) is 160 Å². The second kappa shape index (κ2) is 25.2. The van der Waals surface area contributed by atoms with Crippen molar-refractivity contribution >= 4 is 29.4 Å². The van der Waals surface area contributed by atoms with Crippen LogP contribution in [-0.2, 0) is 36.8 Å². The Morgan fingerprint density at radius 3 is 1.86 bits per heavy atom. The molecule has 3 aromatic carbocycles. The Labute approximate surface area is 401 Å². The molecule has 5 aromatic rings. The van der Waals surface area contributed by atoms with Crippen LogP contribution in [0.15, 0.2) is 109 Å². The Morgan fingerprint density at radius 1 is 0.638 bits per heavy atom. The van der Waals surface area contributed by atoms with Gasteiger partial charge in [0.15, 0.2) is 0 Å². The Morgan fingerprint density at radius 2 is 1.20 bits per heavy atom. The highest BCUT2D eigenvalue weighted by Gasteiger charge is 2.30. The molecule has 1 saturated heterocycles. The number of hydrogen-bond donors (Lipinski definition) is 5. The lowest BCUT2D eigenvalue weighted by Gasteiger charge is -2.34. The highest BCUT2D eigenvalue weighted by atomic mass is 16.5. The fourth-order valence-corrected chi connectivity index (χ4v) is 8.46. The van der Waals surface area contributed by atoms with Gasteiger partial charge in [0, 0.05) is 63.0 Å². The minimum Gasteiger partial charge on any atom is -0.477 e. The third kappa shape index (κ3) is 13.8. The van der Waals surface area contributed by atoms with Gasteiger partial charge in [0.25, 0.3) is 5.91 Å². The predicted octanol–water partition coefficient (Wildman–Crippen LogP) is 4.21. The SMILES string of the molecule is NC1c2ccccc2CN(C(=O)CCNC(=O)c2ccc(C(c3cccc(C(=O)O)n3)N3CCOCCOCCN(Cc4cccc(C(=O)O)n4)CCOCCOCC3)cc2)c2ccccc2C1N. The van der Waals surface area contributed by atoms with E-state index in [4.69, 9.17) is 30.4 Å². The van der Waals surface area contributed by atoms with Gasteiger partial charge in [0.2, 0.25) is 5.91 Å². The summed E-state index contributed by atoms with van der Waals surface area (Å²) in [5.74, 6) is -2.78. The van der Waals surface area contributed by atoms with Gasteiger partial charge in [-0.3, -0.25) is 19.4 Å². The van der Waals surface area contributed by atoms with E-state index < -0.39 is 30.1 Å².